The highest BCUT2D eigenvalue weighted by atomic mass is 16.7. The lowest BCUT2D eigenvalue weighted by Crippen LogP contribution is -2.46. The Balaban J connectivity index is 1.30. The third-order valence-corrected chi connectivity index (χ3v) is 9.29. The Labute approximate surface area is 322 Å². The molecule has 298 valence electrons. The minimum Gasteiger partial charge on any atom is -0.444 e. The first-order valence-corrected chi connectivity index (χ1v) is 18.8. The molecule has 2 aliphatic rings. The van der Waals surface area contributed by atoms with E-state index in [1.54, 1.807) is 17.2 Å². The van der Waals surface area contributed by atoms with Crippen LogP contribution in [0.15, 0.2) is 48.7 Å². The molecule has 0 spiro atoms. The van der Waals surface area contributed by atoms with Crippen LogP contribution in [-0.4, -0.2) is 61.4 Å². The van der Waals surface area contributed by atoms with Crippen molar-refractivity contribution in [3.63, 3.8) is 0 Å². The standard InChI is InChI=1S/C40H54N6O9/c1-38(2,3)45-34(24-33(43-45)26-11-15-32(22-26)53-37(49)52-31-16-13-29(14-17-31)46(50)51)44(36(48)55-40(7,8)9)30-18-19-41-27(23-30)12-10-25-20-28(21-25)42-35(47)54-39(4,5)6/h13-14,16-19,23-26,28,32H,10-12,15,20-22H2,1-9H3,(H,42,47)/t25?,26-,28?,32+/m0/s1. The van der Waals surface area contributed by atoms with E-state index in [0.717, 1.165) is 30.7 Å². The summed E-state index contributed by atoms with van der Waals surface area (Å²) in [4.78, 5) is 55.4. The van der Waals surface area contributed by atoms with E-state index in [1.807, 2.05) is 79.1 Å². The molecule has 2 heterocycles. The van der Waals surface area contributed by atoms with Gasteiger partial charge in [-0.15, -0.1) is 0 Å². The predicted octanol–water partition coefficient (Wildman–Crippen LogP) is 9.10. The number of hydrogen-bond donors (Lipinski definition) is 1. The fourth-order valence-electron chi connectivity index (χ4n) is 6.74. The number of benzene rings is 1. The molecule has 15 heteroatoms. The molecule has 2 amide bonds. The van der Waals surface area contributed by atoms with Gasteiger partial charge in [0.05, 0.1) is 21.8 Å². The smallest absolute Gasteiger partial charge is 0.444 e. The van der Waals surface area contributed by atoms with Gasteiger partial charge in [0.25, 0.3) is 5.69 Å². The molecule has 2 saturated carbocycles. The molecule has 2 atom stereocenters. The van der Waals surface area contributed by atoms with Crippen LogP contribution in [0.4, 0.5) is 31.6 Å². The molecule has 2 aromatic heterocycles. The van der Waals surface area contributed by atoms with Crippen LogP contribution in [0, 0.1) is 16.0 Å². The maximum Gasteiger partial charge on any atom is 0.514 e. The van der Waals surface area contributed by atoms with Gasteiger partial charge in [0.2, 0.25) is 0 Å². The summed E-state index contributed by atoms with van der Waals surface area (Å²) in [6.45, 7) is 17.0. The molecule has 0 radical (unpaired) electrons. The van der Waals surface area contributed by atoms with Gasteiger partial charge in [-0.3, -0.25) is 15.1 Å². The first-order chi connectivity index (χ1) is 25.6. The van der Waals surface area contributed by atoms with Gasteiger partial charge in [-0.2, -0.15) is 5.10 Å². The zero-order valence-electron chi connectivity index (χ0n) is 33.3. The molecule has 0 aliphatic heterocycles. The topological polar surface area (TPSA) is 177 Å². The summed E-state index contributed by atoms with van der Waals surface area (Å²) in [5.74, 6) is 1.04. The molecular formula is C40H54N6O9. The van der Waals surface area contributed by atoms with E-state index in [-0.39, 0.29) is 23.4 Å². The highest BCUT2D eigenvalue weighted by Gasteiger charge is 2.36. The molecule has 15 nitrogen and oxygen atoms in total. The lowest BCUT2D eigenvalue weighted by Gasteiger charge is -2.36. The zero-order valence-corrected chi connectivity index (χ0v) is 33.3. The SMILES string of the molecule is CC(C)(C)OC(=O)NC1CC(CCc2cc(N(C(=O)OC(C)(C)C)c3cc([C@H]4CC[C@@H](OC(=O)Oc5ccc([N+](=O)[O-])cc5)C4)nn3C(C)(C)C)ccn2)C1. The molecule has 55 heavy (non-hydrogen) atoms. The van der Waals surface area contributed by atoms with Crippen molar-refractivity contribution in [3.8, 4) is 5.75 Å². The summed E-state index contributed by atoms with van der Waals surface area (Å²) in [5, 5.41) is 18.9. The monoisotopic (exact) mass is 762 g/mol. The number of anilines is 2. The second-order valence-corrected chi connectivity index (χ2v) is 17.4. The van der Waals surface area contributed by atoms with E-state index < -0.39 is 46.1 Å². The third kappa shape index (κ3) is 11.4. The molecule has 1 N–H and O–H groups in total. The number of nitrogens with one attached hydrogen (secondary N) is 1. The number of aromatic nitrogens is 3. The number of nitro benzene ring substituents is 1. The van der Waals surface area contributed by atoms with Crippen molar-refractivity contribution in [1.82, 2.24) is 20.1 Å². The van der Waals surface area contributed by atoms with Crippen molar-refractivity contribution in [3.05, 3.63) is 70.2 Å². The minimum atomic E-state index is -0.889. The molecule has 0 saturated heterocycles. The van der Waals surface area contributed by atoms with Crippen molar-refractivity contribution in [2.24, 2.45) is 5.92 Å². The van der Waals surface area contributed by atoms with Gasteiger partial charge in [-0.25, -0.2) is 24.0 Å². The molecule has 2 aliphatic carbocycles. The van der Waals surface area contributed by atoms with Crippen LogP contribution in [-0.2, 0) is 26.2 Å². The third-order valence-electron chi connectivity index (χ3n) is 9.29. The van der Waals surface area contributed by atoms with E-state index in [4.69, 9.17) is 24.0 Å². The first kappa shape index (κ1) is 41.0. The first-order valence-electron chi connectivity index (χ1n) is 18.8. The fraction of sp³-hybridized carbons (Fsp3) is 0.575. The molecule has 0 unspecified atom stereocenters. The second kappa shape index (κ2) is 16.3. The number of rotatable bonds is 10. The van der Waals surface area contributed by atoms with Crippen LogP contribution in [0.5, 0.6) is 5.75 Å². The summed E-state index contributed by atoms with van der Waals surface area (Å²) in [6.07, 6.45) is 4.51. The van der Waals surface area contributed by atoms with Crippen molar-refractivity contribution < 1.29 is 38.3 Å². The van der Waals surface area contributed by atoms with Gasteiger partial charge in [0, 0.05) is 42.0 Å². The molecule has 5 rings (SSSR count). The van der Waals surface area contributed by atoms with Crippen LogP contribution >= 0.6 is 0 Å². The summed E-state index contributed by atoms with van der Waals surface area (Å²) >= 11 is 0. The Morgan fingerprint density at radius 2 is 1.60 bits per heavy atom. The maximum atomic E-state index is 14.1. The summed E-state index contributed by atoms with van der Waals surface area (Å²) in [5.41, 5.74) is 0.217. The van der Waals surface area contributed by atoms with Crippen LogP contribution < -0.4 is 15.0 Å². The highest BCUT2D eigenvalue weighted by Crippen LogP contribution is 2.40. The summed E-state index contributed by atoms with van der Waals surface area (Å²) in [7, 11) is 0. The van der Waals surface area contributed by atoms with Crippen molar-refractivity contribution >= 4 is 35.5 Å². The molecule has 0 bridgehead atoms. The number of amides is 2. The van der Waals surface area contributed by atoms with Gasteiger partial charge < -0.3 is 24.3 Å². The van der Waals surface area contributed by atoms with Crippen molar-refractivity contribution in [2.45, 2.75) is 142 Å². The predicted molar refractivity (Wildman–Crippen MR) is 205 cm³/mol. The number of aryl methyl sites for hydroxylation is 1. The number of alkyl carbamates (subject to hydrolysis) is 1. The fourth-order valence-corrected chi connectivity index (χ4v) is 6.74. The van der Waals surface area contributed by atoms with E-state index in [9.17, 15) is 24.5 Å². The molecule has 2 fully saturated rings. The highest BCUT2D eigenvalue weighted by molar-refractivity contribution is 5.95. The van der Waals surface area contributed by atoms with Crippen LogP contribution in [0.2, 0.25) is 0 Å². The van der Waals surface area contributed by atoms with Crippen LogP contribution in [0.3, 0.4) is 0 Å². The van der Waals surface area contributed by atoms with E-state index in [1.165, 1.54) is 24.3 Å². The van der Waals surface area contributed by atoms with Gasteiger partial charge in [0.15, 0.2) is 0 Å². The lowest BCUT2D eigenvalue weighted by atomic mass is 9.77. The summed E-state index contributed by atoms with van der Waals surface area (Å²) < 4.78 is 24.1. The molecular weight excluding hydrogens is 708 g/mol. The number of carbonyl (C=O) groups is 3. The quantitative estimate of drug-likeness (QED) is 0.0685. The average molecular weight is 763 g/mol. The Morgan fingerprint density at radius 1 is 0.927 bits per heavy atom. The number of ether oxygens (including phenoxy) is 4. The minimum absolute atomic E-state index is 0.0656. The van der Waals surface area contributed by atoms with Crippen molar-refractivity contribution in [1.29, 1.82) is 0 Å². The number of nitro groups is 1. The Kier molecular flexibility index (Phi) is 12.1. The molecule has 3 aromatic rings. The number of pyridine rings is 1. The van der Waals surface area contributed by atoms with Gasteiger partial charge in [0.1, 0.15) is 28.9 Å². The van der Waals surface area contributed by atoms with Gasteiger partial charge in [-0.05, 0) is 137 Å². The van der Waals surface area contributed by atoms with E-state index in [2.05, 4.69) is 10.3 Å². The van der Waals surface area contributed by atoms with Crippen LogP contribution in [0.1, 0.15) is 118 Å². The number of non-ortho nitro benzene ring substituents is 1. The van der Waals surface area contributed by atoms with Crippen molar-refractivity contribution in [2.75, 3.05) is 4.90 Å². The maximum absolute atomic E-state index is 14.1. The summed E-state index contributed by atoms with van der Waals surface area (Å²) in [6, 6.07) is 10.9. The Hall–Kier alpha value is -5.21. The Bertz CT molecular complexity index is 1850. The Morgan fingerprint density at radius 3 is 2.22 bits per heavy atom. The molecule has 1 aromatic carbocycles. The van der Waals surface area contributed by atoms with Gasteiger partial charge >= 0.3 is 18.3 Å². The average Bonchev–Trinajstić information content (AvgIpc) is 3.68. The van der Waals surface area contributed by atoms with Gasteiger partial charge in [-0.1, -0.05) is 0 Å². The number of carbonyl (C=O) groups excluding carboxylic acids is 3. The lowest BCUT2D eigenvalue weighted by molar-refractivity contribution is -0.384. The van der Waals surface area contributed by atoms with E-state index >= 15 is 0 Å². The zero-order chi connectivity index (χ0) is 40.3. The van der Waals surface area contributed by atoms with E-state index in [0.29, 0.717) is 43.1 Å². The number of hydrogen-bond acceptors (Lipinski definition) is 11. The van der Waals surface area contributed by atoms with Crippen LogP contribution in [0.25, 0.3) is 0 Å². The number of nitrogens with zero attached hydrogens (tertiary/aromatic N) is 5. The second-order valence-electron chi connectivity index (χ2n) is 17.4. The normalized spacial score (nSPS) is 19.9. The largest absolute Gasteiger partial charge is 0.514 e.